The van der Waals surface area contributed by atoms with Crippen molar-refractivity contribution in [3.63, 3.8) is 0 Å². The number of hydrogen-bond acceptors (Lipinski definition) is 2. The number of rotatable bonds is 1. The van der Waals surface area contributed by atoms with E-state index in [1.54, 1.807) is 6.07 Å². The van der Waals surface area contributed by atoms with Crippen LogP contribution in [0.4, 0.5) is 0 Å². The molecule has 14 heavy (non-hydrogen) atoms. The van der Waals surface area contributed by atoms with E-state index in [1.165, 1.54) is 6.07 Å². The van der Waals surface area contributed by atoms with E-state index in [-0.39, 0.29) is 24.2 Å². The van der Waals surface area contributed by atoms with Gasteiger partial charge in [-0.25, -0.2) is 0 Å². The quantitative estimate of drug-likeness (QED) is 0.807. The minimum absolute atomic E-state index is 0. The number of hydrogen-bond donors (Lipinski definition) is 2. The van der Waals surface area contributed by atoms with Gasteiger partial charge in [0, 0.05) is 16.6 Å². The monoisotopic (exact) mass is 253 g/mol. The van der Waals surface area contributed by atoms with Gasteiger partial charge in [-0.1, -0.05) is 23.2 Å². The maximum Gasteiger partial charge on any atom is 0.123 e. The Hall–Kier alpha value is -0.150. The van der Waals surface area contributed by atoms with Crippen molar-refractivity contribution >= 4 is 35.6 Å². The Morgan fingerprint density at radius 2 is 2.00 bits per heavy atom. The van der Waals surface area contributed by atoms with Crippen LogP contribution < -0.4 is 5.32 Å². The average molecular weight is 255 g/mol. The molecule has 2 rings (SSSR count). The van der Waals surface area contributed by atoms with Crippen molar-refractivity contribution in [2.45, 2.75) is 12.5 Å². The van der Waals surface area contributed by atoms with E-state index in [0.29, 0.717) is 10.0 Å². The minimum Gasteiger partial charge on any atom is -0.508 e. The molecule has 5 heteroatoms. The lowest BCUT2D eigenvalue weighted by molar-refractivity contribution is 0.365. The molecule has 0 radical (unpaired) electrons. The van der Waals surface area contributed by atoms with E-state index < -0.39 is 0 Å². The van der Waals surface area contributed by atoms with E-state index in [9.17, 15) is 5.11 Å². The Balaban J connectivity index is 0.000000980. The summed E-state index contributed by atoms with van der Waals surface area (Å²) in [6.45, 7) is 0.975. The molecular weight excluding hydrogens is 244 g/mol. The zero-order chi connectivity index (χ0) is 9.42. The summed E-state index contributed by atoms with van der Waals surface area (Å²) in [7, 11) is 0. The molecule has 0 spiro atoms. The number of benzene rings is 1. The summed E-state index contributed by atoms with van der Waals surface area (Å²) in [5.74, 6) is 0.176. The molecule has 0 bridgehead atoms. The van der Waals surface area contributed by atoms with Crippen LogP contribution in [0, 0.1) is 0 Å². The molecule has 1 saturated heterocycles. The van der Waals surface area contributed by atoms with Crippen LogP contribution in [-0.4, -0.2) is 11.7 Å². The largest absolute Gasteiger partial charge is 0.508 e. The van der Waals surface area contributed by atoms with Gasteiger partial charge in [0.1, 0.15) is 5.75 Å². The molecule has 1 atom stereocenters. The van der Waals surface area contributed by atoms with Crippen LogP contribution in [0.1, 0.15) is 18.0 Å². The molecule has 1 aromatic rings. The van der Waals surface area contributed by atoms with Gasteiger partial charge in [0.05, 0.1) is 5.02 Å². The summed E-state index contributed by atoms with van der Waals surface area (Å²) in [5, 5.41) is 13.8. The molecule has 0 aliphatic carbocycles. The van der Waals surface area contributed by atoms with Crippen molar-refractivity contribution in [3.05, 3.63) is 27.7 Å². The van der Waals surface area contributed by atoms with Gasteiger partial charge in [-0.3, -0.25) is 0 Å². The van der Waals surface area contributed by atoms with E-state index >= 15 is 0 Å². The molecule has 0 saturated carbocycles. The van der Waals surface area contributed by atoms with Gasteiger partial charge in [-0.05, 0) is 25.1 Å². The van der Waals surface area contributed by atoms with Crippen molar-refractivity contribution in [1.82, 2.24) is 5.32 Å². The predicted molar refractivity (Wildman–Crippen MR) is 60.7 cm³/mol. The van der Waals surface area contributed by atoms with Gasteiger partial charge < -0.3 is 10.4 Å². The van der Waals surface area contributed by atoms with Crippen LogP contribution in [-0.2, 0) is 0 Å². The molecule has 1 aliphatic heterocycles. The highest BCUT2D eigenvalue weighted by Crippen LogP contribution is 2.38. The molecule has 1 aromatic carbocycles. The second-order valence-corrected chi connectivity index (χ2v) is 3.96. The van der Waals surface area contributed by atoms with Gasteiger partial charge in [0.15, 0.2) is 0 Å². The summed E-state index contributed by atoms with van der Waals surface area (Å²) in [5.41, 5.74) is 0.761. The molecule has 0 amide bonds. The van der Waals surface area contributed by atoms with E-state index in [2.05, 4.69) is 5.32 Å². The fourth-order valence-electron chi connectivity index (χ4n) is 1.45. The maximum absolute atomic E-state index is 9.60. The van der Waals surface area contributed by atoms with Crippen LogP contribution in [0.5, 0.6) is 5.75 Å². The van der Waals surface area contributed by atoms with Crippen molar-refractivity contribution in [2.75, 3.05) is 6.54 Å². The van der Waals surface area contributed by atoms with Crippen LogP contribution >= 0.6 is 35.6 Å². The summed E-state index contributed by atoms with van der Waals surface area (Å²) in [6, 6.07) is 3.35. The van der Waals surface area contributed by atoms with Crippen molar-refractivity contribution in [2.24, 2.45) is 0 Å². The lowest BCUT2D eigenvalue weighted by Gasteiger charge is -2.29. The number of nitrogens with one attached hydrogen (secondary N) is 1. The molecule has 2 nitrogen and oxygen atoms in total. The highest BCUT2D eigenvalue weighted by Gasteiger charge is 2.24. The Morgan fingerprint density at radius 3 is 2.43 bits per heavy atom. The number of aromatic hydroxyl groups is 1. The molecular formula is C9H10Cl3NO. The van der Waals surface area contributed by atoms with Gasteiger partial charge in [-0.2, -0.15) is 0 Å². The maximum atomic E-state index is 9.60. The first-order chi connectivity index (χ1) is 6.18. The highest BCUT2D eigenvalue weighted by atomic mass is 35.5. The Kier molecular flexibility index (Phi) is 3.90. The van der Waals surface area contributed by atoms with Crippen molar-refractivity contribution in [1.29, 1.82) is 0 Å². The summed E-state index contributed by atoms with van der Waals surface area (Å²) in [4.78, 5) is 0. The number of phenolic OH excluding ortho intramolecular Hbond substituents is 1. The second kappa shape index (κ2) is 4.58. The average Bonchev–Trinajstić information content (AvgIpc) is 1.92. The zero-order valence-electron chi connectivity index (χ0n) is 7.26. The molecule has 78 valence electrons. The SMILES string of the molecule is Cl.Oc1cc(Cl)cc(Cl)c1[C@H]1CCN1. The minimum atomic E-state index is 0. The van der Waals surface area contributed by atoms with Crippen LogP contribution in [0.2, 0.25) is 10.0 Å². The molecule has 2 N–H and O–H groups in total. The molecule has 1 aliphatic rings. The van der Waals surface area contributed by atoms with E-state index in [4.69, 9.17) is 23.2 Å². The fraction of sp³-hybridized carbons (Fsp3) is 0.333. The smallest absolute Gasteiger partial charge is 0.123 e. The lowest BCUT2D eigenvalue weighted by atomic mass is 9.97. The first kappa shape index (κ1) is 11.9. The zero-order valence-corrected chi connectivity index (χ0v) is 9.59. The predicted octanol–water partition coefficient (Wildman–Crippen LogP) is 3.16. The fourth-order valence-corrected chi connectivity index (χ4v) is 2.07. The molecule has 1 heterocycles. The number of phenols is 1. The Bertz CT molecular complexity index is 316. The topological polar surface area (TPSA) is 32.3 Å². The standard InChI is InChI=1S/C9H9Cl2NO.ClH/c10-5-3-6(11)9(8(13)4-5)7-1-2-12-7;/h3-4,7,12-13H,1-2H2;1H/t7-;/m1./s1. The second-order valence-electron chi connectivity index (χ2n) is 3.12. The van der Waals surface area contributed by atoms with Crippen LogP contribution in [0.3, 0.4) is 0 Å². The van der Waals surface area contributed by atoms with Crippen LogP contribution in [0.15, 0.2) is 12.1 Å². The summed E-state index contributed by atoms with van der Waals surface area (Å²) >= 11 is 11.7. The lowest BCUT2D eigenvalue weighted by Crippen LogP contribution is -2.35. The Morgan fingerprint density at radius 1 is 1.36 bits per heavy atom. The number of halogens is 3. The normalized spacial score (nSPS) is 19.7. The summed E-state index contributed by atoms with van der Waals surface area (Å²) in [6.07, 6.45) is 1.01. The molecule has 0 unspecified atom stereocenters. The highest BCUT2D eigenvalue weighted by molar-refractivity contribution is 6.35. The first-order valence-electron chi connectivity index (χ1n) is 4.10. The molecule has 0 aromatic heterocycles. The molecule has 1 fully saturated rings. The van der Waals surface area contributed by atoms with E-state index in [1.807, 2.05) is 0 Å². The van der Waals surface area contributed by atoms with Gasteiger partial charge in [-0.15, -0.1) is 12.4 Å². The van der Waals surface area contributed by atoms with Gasteiger partial charge >= 0.3 is 0 Å². The first-order valence-corrected chi connectivity index (χ1v) is 4.85. The third-order valence-corrected chi connectivity index (χ3v) is 2.78. The van der Waals surface area contributed by atoms with Crippen LogP contribution in [0.25, 0.3) is 0 Å². The third-order valence-electron chi connectivity index (χ3n) is 2.24. The third kappa shape index (κ3) is 2.09. The summed E-state index contributed by atoms with van der Waals surface area (Å²) < 4.78 is 0. The van der Waals surface area contributed by atoms with E-state index in [0.717, 1.165) is 18.5 Å². The van der Waals surface area contributed by atoms with Gasteiger partial charge in [0.2, 0.25) is 0 Å². The Labute approximate surface area is 98.6 Å². The van der Waals surface area contributed by atoms with Crippen molar-refractivity contribution in [3.8, 4) is 5.75 Å². The van der Waals surface area contributed by atoms with Gasteiger partial charge in [0.25, 0.3) is 0 Å². The van der Waals surface area contributed by atoms with Crippen molar-refractivity contribution < 1.29 is 5.11 Å².